The molecule has 2 aromatic rings. The summed E-state index contributed by atoms with van der Waals surface area (Å²) in [4.78, 5) is 48.0. The van der Waals surface area contributed by atoms with E-state index in [0.717, 1.165) is 11.1 Å². The van der Waals surface area contributed by atoms with Crippen molar-refractivity contribution in [1.29, 1.82) is 0 Å². The number of aliphatic hydroxyl groups is 1. The number of carbonyl (C=O) groups is 4. The first-order chi connectivity index (χ1) is 15.7. The predicted molar refractivity (Wildman–Crippen MR) is 119 cm³/mol. The molecule has 0 heterocycles. The Bertz CT molecular complexity index is 963. The molecular formula is C23H28N4O6. The van der Waals surface area contributed by atoms with Gasteiger partial charge in [0.2, 0.25) is 17.7 Å². The molecule has 0 aromatic heterocycles. The van der Waals surface area contributed by atoms with Crippen LogP contribution in [0.15, 0.2) is 54.6 Å². The van der Waals surface area contributed by atoms with Crippen molar-refractivity contribution in [3.8, 4) is 11.1 Å². The summed E-state index contributed by atoms with van der Waals surface area (Å²) in [5, 5.41) is 23.3. The number of nitrogens with two attached hydrogens (primary N) is 1. The fraction of sp³-hybridized carbons (Fsp3) is 0.304. The highest BCUT2D eigenvalue weighted by Crippen LogP contribution is 2.19. The van der Waals surface area contributed by atoms with E-state index in [1.54, 1.807) is 12.1 Å². The first-order valence-corrected chi connectivity index (χ1v) is 10.4. The number of hydrogen-bond donors (Lipinski definition) is 6. The van der Waals surface area contributed by atoms with Crippen LogP contribution in [-0.4, -0.2) is 52.1 Å². The molecule has 10 heteroatoms. The average Bonchev–Trinajstić information content (AvgIpc) is 2.80. The SMILES string of the molecule is C[C@@H](O)[C@H](NC(=O)[C@H](CCC(N)=O)NC(=O)Cc1ccc(-c2ccccc2)cc1)C(=O)NO. The molecule has 2 rings (SSSR count). The van der Waals surface area contributed by atoms with Crippen LogP contribution >= 0.6 is 0 Å². The number of amides is 4. The van der Waals surface area contributed by atoms with Crippen molar-refractivity contribution in [2.75, 3.05) is 0 Å². The number of carbonyl (C=O) groups excluding carboxylic acids is 4. The monoisotopic (exact) mass is 456 g/mol. The van der Waals surface area contributed by atoms with Crippen molar-refractivity contribution in [3.63, 3.8) is 0 Å². The average molecular weight is 456 g/mol. The second-order valence-corrected chi connectivity index (χ2v) is 7.57. The lowest BCUT2D eigenvalue weighted by Crippen LogP contribution is -2.57. The highest BCUT2D eigenvalue weighted by molar-refractivity contribution is 5.92. The van der Waals surface area contributed by atoms with Crippen LogP contribution in [0.4, 0.5) is 0 Å². The molecule has 4 amide bonds. The van der Waals surface area contributed by atoms with Crippen molar-refractivity contribution < 1.29 is 29.5 Å². The van der Waals surface area contributed by atoms with E-state index in [9.17, 15) is 24.3 Å². The van der Waals surface area contributed by atoms with Crippen LogP contribution in [0.5, 0.6) is 0 Å². The first-order valence-electron chi connectivity index (χ1n) is 10.4. The number of aliphatic hydroxyl groups excluding tert-OH is 1. The van der Waals surface area contributed by atoms with Crippen LogP contribution in [-0.2, 0) is 25.6 Å². The molecule has 176 valence electrons. The minimum Gasteiger partial charge on any atom is -0.391 e. The molecule has 0 radical (unpaired) electrons. The maximum Gasteiger partial charge on any atom is 0.268 e. The summed E-state index contributed by atoms with van der Waals surface area (Å²) in [7, 11) is 0. The van der Waals surface area contributed by atoms with Crippen LogP contribution in [0.2, 0.25) is 0 Å². The number of hydroxylamine groups is 1. The van der Waals surface area contributed by atoms with Gasteiger partial charge in [-0.1, -0.05) is 54.6 Å². The maximum atomic E-state index is 12.6. The molecule has 0 unspecified atom stereocenters. The Morgan fingerprint density at radius 1 is 0.909 bits per heavy atom. The van der Waals surface area contributed by atoms with Gasteiger partial charge in [0.1, 0.15) is 12.1 Å². The smallest absolute Gasteiger partial charge is 0.268 e. The molecule has 0 aliphatic heterocycles. The zero-order valence-corrected chi connectivity index (χ0v) is 18.2. The van der Waals surface area contributed by atoms with Crippen molar-refractivity contribution in [3.05, 3.63) is 60.2 Å². The van der Waals surface area contributed by atoms with Gasteiger partial charge in [0.15, 0.2) is 0 Å². The van der Waals surface area contributed by atoms with E-state index in [2.05, 4.69) is 10.6 Å². The lowest BCUT2D eigenvalue weighted by Gasteiger charge is -2.23. The standard InChI is InChI=1S/C23H28N4O6/c1-14(28)21(23(32)27-33)26-22(31)18(11-12-19(24)29)25-20(30)13-15-7-9-17(10-8-15)16-5-3-2-4-6-16/h2-10,14,18,21,28,33H,11-13H2,1H3,(H2,24,29)(H,25,30)(H,26,31)(H,27,32)/t14-,18+,21+/m1/s1. The molecule has 0 fully saturated rings. The largest absolute Gasteiger partial charge is 0.391 e. The Kier molecular flexibility index (Phi) is 9.52. The van der Waals surface area contributed by atoms with Gasteiger partial charge in [-0.25, -0.2) is 5.48 Å². The zero-order chi connectivity index (χ0) is 24.4. The van der Waals surface area contributed by atoms with Gasteiger partial charge in [-0.05, 0) is 30.0 Å². The molecule has 0 aliphatic carbocycles. The summed E-state index contributed by atoms with van der Waals surface area (Å²) in [6.07, 6.45) is -1.63. The lowest BCUT2D eigenvalue weighted by atomic mass is 10.0. The molecule has 10 nitrogen and oxygen atoms in total. The van der Waals surface area contributed by atoms with Crippen molar-refractivity contribution >= 4 is 23.6 Å². The van der Waals surface area contributed by atoms with Gasteiger partial charge in [-0.2, -0.15) is 0 Å². The highest BCUT2D eigenvalue weighted by atomic mass is 16.5. The van der Waals surface area contributed by atoms with Gasteiger partial charge in [0.25, 0.3) is 5.91 Å². The van der Waals surface area contributed by atoms with Gasteiger partial charge in [-0.15, -0.1) is 0 Å². The van der Waals surface area contributed by atoms with Gasteiger partial charge in [-0.3, -0.25) is 24.4 Å². The maximum absolute atomic E-state index is 12.6. The molecule has 0 spiro atoms. The molecule has 0 bridgehead atoms. The van der Waals surface area contributed by atoms with E-state index < -0.39 is 41.8 Å². The summed E-state index contributed by atoms with van der Waals surface area (Å²) in [6.45, 7) is 1.25. The summed E-state index contributed by atoms with van der Waals surface area (Å²) >= 11 is 0. The molecule has 0 saturated heterocycles. The van der Waals surface area contributed by atoms with E-state index in [1.807, 2.05) is 42.5 Å². The number of benzene rings is 2. The molecule has 3 atom stereocenters. The highest BCUT2D eigenvalue weighted by Gasteiger charge is 2.29. The molecule has 0 saturated carbocycles. The van der Waals surface area contributed by atoms with Crippen molar-refractivity contribution in [2.45, 2.75) is 44.4 Å². The summed E-state index contributed by atoms with van der Waals surface area (Å²) in [5.41, 5.74) is 9.25. The molecular weight excluding hydrogens is 428 g/mol. The fourth-order valence-corrected chi connectivity index (χ4v) is 3.16. The molecule has 2 aromatic carbocycles. The third-order valence-corrected chi connectivity index (χ3v) is 4.93. The van der Waals surface area contributed by atoms with E-state index >= 15 is 0 Å². The second kappa shape index (κ2) is 12.3. The van der Waals surface area contributed by atoms with Crippen molar-refractivity contribution in [2.24, 2.45) is 5.73 Å². The van der Waals surface area contributed by atoms with E-state index in [4.69, 9.17) is 10.9 Å². The van der Waals surface area contributed by atoms with Gasteiger partial charge in [0, 0.05) is 6.42 Å². The third-order valence-electron chi connectivity index (χ3n) is 4.93. The fourth-order valence-electron chi connectivity index (χ4n) is 3.16. The molecule has 7 N–H and O–H groups in total. The minimum atomic E-state index is -1.46. The number of hydrogen-bond acceptors (Lipinski definition) is 6. The lowest BCUT2D eigenvalue weighted by molar-refractivity contribution is -0.138. The zero-order valence-electron chi connectivity index (χ0n) is 18.2. The van der Waals surface area contributed by atoms with Gasteiger partial charge in [0.05, 0.1) is 12.5 Å². The predicted octanol–water partition coefficient (Wildman–Crippen LogP) is 0.0174. The summed E-state index contributed by atoms with van der Waals surface area (Å²) in [5.74, 6) is -2.98. The Labute approximate surface area is 191 Å². The topological polar surface area (TPSA) is 171 Å². The number of nitrogens with one attached hydrogen (secondary N) is 3. The Hall–Kier alpha value is -3.76. The van der Waals surface area contributed by atoms with Gasteiger partial charge >= 0.3 is 0 Å². The van der Waals surface area contributed by atoms with Crippen LogP contribution in [0, 0.1) is 0 Å². The quantitative estimate of drug-likeness (QED) is 0.205. The summed E-state index contributed by atoms with van der Waals surface area (Å²) < 4.78 is 0. The molecule has 0 aliphatic rings. The third kappa shape index (κ3) is 8.02. The number of primary amides is 1. The normalized spacial score (nSPS) is 13.3. The van der Waals surface area contributed by atoms with Crippen LogP contribution < -0.4 is 21.8 Å². The number of rotatable bonds is 11. The van der Waals surface area contributed by atoms with Crippen LogP contribution in [0.3, 0.4) is 0 Å². The van der Waals surface area contributed by atoms with E-state index in [0.29, 0.717) is 5.56 Å². The Balaban J connectivity index is 2.05. The second-order valence-electron chi connectivity index (χ2n) is 7.57. The minimum absolute atomic E-state index is 0.0214. The Morgan fingerprint density at radius 3 is 2.06 bits per heavy atom. The molecule has 33 heavy (non-hydrogen) atoms. The summed E-state index contributed by atoms with van der Waals surface area (Å²) in [6, 6.07) is 14.5. The van der Waals surface area contributed by atoms with Crippen molar-refractivity contribution in [1.82, 2.24) is 16.1 Å². The van der Waals surface area contributed by atoms with E-state index in [1.165, 1.54) is 12.4 Å². The Morgan fingerprint density at radius 2 is 1.52 bits per heavy atom. The first kappa shape index (κ1) is 25.5. The van der Waals surface area contributed by atoms with Crippen LogP contribution in [0.1, 0.15) is 25.3 Å². The van der Waals surface area contributed by atoms with E-state index in [-0.39, 0.29) is 19.3 Å². The van der Waals surface area contributed by atoms with Crippen LogP contribution in [0.25, 0.3) is 11.1 Å². The van der Waals surface area contributed by atoms with Gasteiger partial charge < -0.3 is 21.5 Å².